The summed E-state index contributed by atoms with van der Waals surface area (Å²) in [5.74, 6) is 0.455. The molecule has 0 radical (unpaired) electrons. The third-order valence-electron chi connectivity index (χ3n) is 4.08. The Morgan fingerprint density at radius 2 is 2.16 bits per heavy atom. The lowest BCUT2D eigenvalue weighted by Gasteiger charge is -2.26. The van der Waals surface area contributed by atoms with Gasteiger partial charge in [0.15, 0.2) is 0 Å². The van der Waals surface area contributed by atoms with Gasteiger partial charge in [-0.2, -0.15) is 4.31 Å². The molecule has 0 aliphatic carbocycles. The third-order valence-corrected chi connectivity index (χ3v) is 6.61. The lowest BCUT2D eigenvalue weighted by atomic mass is 10.0. The number of rotatable bonds is 2. The molecule has 0 spiro atoms. The summed E-state index contributed by atoms with van der Waals surface area (Å²) >= 11 is 3.34. The van der Waals surface area contributed by atoms with E-state index in [2.05, 4.69) is 21.2 Å². The van der Waals surface area contributed by atoms with Crippen molar-refractivity contribution in [1.82, 2.24) is 9.62 Å². The molecule has 2 fully saturated rings. The van der Waals surface area contributed by atoms with Crippen LogP contribution in [0.1, 0.15) is 13.3 Å². The highest BCUT2D eigenvalue weighted by Gasteiger charge is 2.47. The summed E-state index contributed by atoms with van der Waals surface area (Å²) in [5, 5.41) is 3.29. The van der Waals surface area contributed by atoms with Gasteiger partial charge >= 0.3 is 0 Å². The smallest absolute Gasteiger partial charge is 0.243 e. The molecule has 0 bridgehead atoms. The summed E-state index contributed by atoms with van der Waals surface area (Å²) < 4.78 is 28.1. The number of nitrogens with one attached hydrogen (secondary N) is 1. The van der Waals surface area contributed by atoms with E-state index in [0.717, 1.165) is 24.0 Å². The summed E-state index contributed by atoms with van der Waals surface area (Å²) in [7, 11) is -3.40. The van der Waals surface area contributed by atoms with Crippen molar-refractivity contribution >= 4 is 26.0 Å². The van der Waals surface area contributed by atoms with Crippen LogP contribution in [0.3, 0.4) is 0 Å². The maximum absolute atomic E-state index is 12.8. The van der Waals surface area contributed by atoms with Crippen molar-refractivity contribution in [1.29, 1.82) is 0 Å². The molecule has 2 aliphatic rings. The predicted octanol–water partition coefficient (Wildman–Crippen LogP) is 1.82. The van der Waals surface area contributed by atoms with Gasteiger partial charge < -0.3 is 5.32 Å². The van der Waals surface area contributed by atoms with Gasteiger partial charge in [-0.05, 0) is 44.0 Å². The summed E-state index contributed by atoms with van der Waals surface area (Å²) in [6.07, 6.45) is 0.949. The molecule has 19 heavy (non-hydrogen) atoms. The summed E-state index contributed by atoms with van der Waals surface area (Å²) in [6, 6.07) is 7.15. The van der Waals surface area contributed by atoms with Gasteiger partial charge in [0.05, 0.1) is 4.90 Å². The highest BCUT2D eigenvalue weighted by Crippen LogP contribution is 2.36. The number of hydrogen-bond acceptors (Lipinski definition) is 3. The van der Waals surface area contributed by atoms with Gasteiger partial charge in [-0.25, -0.2) is 8.42 Å². The number of nitrogens with zero attached hydrogens (tertiary/aromatic N) is 1. The maximum Gasteiger partial charge on any atom is 0.243 e. The topological polar surface area (TPSA) is 49.4 Å². The average Bonchev–Trinajstić information content (AvgIpc) is 2.88. The molecule has 4 nitrogen and oxygen atoms in total. The van der Waals surface area contributed by atoms with Gasteiger partial charge in [-0.3, -0.25) is 0 Å². The van der Waals surface area contributed by atoms with Crippen LogP contribution in [-0.4, -0.2) is 37.9 Å². The highest BCUT2D eigenvalue weighted by atomic mass is 79.9. The van der Waals surface area contributed by atoms with E-state index in [-0.39, 0.29) is 12.1 Å². The highest BCUT2D eigenvalue weighted by molar-refractivity contribution is 9.10. The lowest BCUT2D eigenvalue weighted by Crippen LogP contribution is -2.42. The quantitative estimate of drug-likeness (QED) is 0.890. The summed E-state index contributed by atoms with van der Waals surface area (Å²) in [5.41, 5.74) is 0. The van der Waals surface area contributed by atoms with Gasteiger partial charge in [0, 0.05) is 23.1 Å². The number of halogens is 1. The first-order valence-corrected chi connectivity index (χ1v) is 8.73. The number of benzene rings is 1. The van der Waals surface area contributed by atoms with Crippen LogP contribution in [0.15, 0.2) is 33.6 Å². The van der Waals surface area contributed by atoms with E-state index in [9.17, 15) is 8.42 Å². The fourth-order valence-corrected chi connectivity index (χ4v) is 5.77. The van der Waals surface area contributed by atoms with Gasteiger partial charge in [-0.15, -0.1) is 0 Å². The van der Waals surface area contributed by atoms with Crippen LogP contribution >= 0.6 is 15.9 Å². The summed E-state index contributed by atoms with van der Waals surface area (Å²) in [6.45, 7) is 3.70. The molecule has 1 aromatic rings. The molecule has 0 aromatic heterocycles. The van der Waals surface area contributed by atoms with E-state index in [1.165, 1.54) is 0 Å². The van der Waals surface area contributed by atoms with Crippen LogP contribution in [0.5, 0.6) is 0 Å². The Bertz CT molecular complexity index is 590. The zero-order valence-corrected chi connectivity index (χ0v) is 13.1. The van der Waals surface area contributed by atoms with Crippen molar-refractivity contribution in [2.24, 2.45) is 5.92 Å². The molecule has 6 heteroatoms. The average molecular weight is 345 g/mol. The van der Waals surface area contributed by atoms with Crippen molar-refractivity contribution in [3.63, 3.8) is 0 Å². The van der Waals surface area contributed by atoms with Crippen molar-refractivity contribution in [2.45, 2.75) is 30.3 Å². The molecule has 3 atom stereocenters. The van der Waals surface area contributed by atoms with E-state index >= 15 is 0 Å². The van der Waals surface area contributed by atoms with E-state index in [1.807, 2.05) is 13.0 Å². The zero-order valence-electron chi connectivity index (χ0n) is 10.7. The van der Waals surface area contributed by atoms with Gasteiger partial charge in [-0.1, -0.05) is 22.0 Å². The molecule has 2 saturated heterocycles. The van der Waals surface area contributed by atoms with E-state index in [1.54, 1.807) is 22.5 Å². The molecule has 3 rings (SSSR count). The van der Waals surface area contributed by atoms with Crippen molar-refractivity contribution in [2.75, 3.05) is 13.1 Å². The van der Waals surface area contributed by atoms with Crippen LogP contribution in [0.4, 0.5) is 0 Å². The SMILES string of the molecule is CC1CC2CNCC2N1S(=O)(=O)c1cccc(Br)c1. The second kappa shape index (κ2) is 4.84. The molecule has 1 N–H and O–H groups in total. The first-order chi connectivity index (χ1) is 9.00. The van der Waals surface area contributed by atoms with Gasteiger partial charge in [0.1, 0.15) is 0 Å². The van der Waals surface area contributed by atoms with Crippen LogP contribution in [0.25, 0.3) is 0 Å². The monoisotopic (exact) mass is 344 g/mol. The maximum atomic E-state index is 12.8. The minimum Gasteiger partial charge on any atom is -0.315 e. The molecule has 1 aromatic carbocycles. The first-order valence-electron chi connectivity index (χ1n) is 6.50. The normalized spacial score (nSPS) is 31.6. The Morgan fingerprint density at radius 1 is 1.37 bits per heavy atom. The summed E-state index contributed by atoms with van der Waals surface area (Å²) in [4.78, 5) is 0.376. The molecule has 0 saturated carbocycles. The van der Waals surface area contributed by atoms with E-state index < -0.39 is 10.0 Å². The Hall–Kier alpha value is -0.430. The Kier molecular flexibility index (Phi) is 3.45. The Labute approximate surface area is 122 Å². The largest absolute Gasteiger partial charge is 0.315 e. The van der Waals surface area contributed by atoms with Crippen molar-refractivity contribution in [3.8, 4) is 0 Å². The first kappa shape index (κ1) is 13.5. The number of sulfonamides is 1. The van der Waals surface area contributed by atoms with Crippen LogP contribution in [-0.2, 0) is 10.0 Å². The molecule has 2 heterocycles. The number of fused-ring (bicyclic) bond motifs is 1. The van der Waals surface area contributed by atoms with Crippen LogP contribution in [0, 0.1) is 5.92 Å². The Balaban J connectivity index is 2.00. The minimum atomic E-state index is -3.40. The van der Waals surface area contributed by atoms with Crippen molar-refractivity contribution in [3.05, 3.63) is 28.7 Å². The second-order valence-electron chi connectivity index (χ2n) is 5.36. The van der Waals surface area contributed by atoms with E-state index in [4.69, 9.17) is 0 Å². The fourth-order valence-electron chi connectivity index (χ4n) is 3.29. The molecule has 2 aliphatic heterocycles. The molecule has 0 amide bonds. The molecule has 104 valence electrons. The van der Waals surface area contributed by atoms with E-state index in [0.29, 0.717) is 10.8 Å². The minimum absolute atomic E-state index is 0.0843. The Morgan fingerprint density at radius 3 is 2.89 bits per heavy atom. The fraction of sp³-hybridized carbons (Fsp3) is 0.538. The molecule has 3 unspecified atom stereocenters. The predicted molar refractivity (Wildman–Crippen MR) is 77.4 cm³/mol. The zero-order chi connectivity index (χ0) is 13.6. The van der Waals surface area contributed by atoms with Gasteiger partial charge in [0.25, 0.3) is 0 Å². The van der Waals surface area contributed by atoms with Crippen LogP contribution < -0.4 is 5.32 Å². The standard InChI is InChI=1S/C13H17BrN2O2S/c1-9-5-10-7-15-8-13(10)16(9)19(17,18)12-4-2-3-11(14)6-12/h2-4,6,9-10,13,15H,5,7-8H2,1H3. The second-order valence-corrected chi connectivity index (χ2v) is 8.12. The molecular weight excluding hydrogens is 328 g/mol. The van der Waals surface area contributed by atoms with Crippen LogP contribution in [0.2, 0.25) is 0 Å². The number of hydrogen-bond donors (Lipinski definition) is 1. The third kappa shape index (κ3) is 2.24. The molecular formula is C13H17BrN2O2S. The van der Waals surface area contributed by atoms with Crippen molar-refractivity contribution < 1.29 is 8.42 Å². The lowest BCUT2D eigenvalue weighted by molar-refractivity contribution is 0.335. The van der Waals surface area contributed by atoms with Gasteiger partial charge in [0.2, 0.25) is 10.0 Å².